The standard InChI is InChI=1S/C25H34N2O4/c1-19-7-6-8-20(2)23(19)15-21(28)16-26-11-13-27(14-12-26)17-22(29)18-31-25-10-5-4-9-24(25)30-3/h4-10,22,29H,11-18H2,1-3H3/i1D3,2D3,16D2,18D2. The van der Waals surface area contributed by atoms with Crippen LogP contribution in [0.4, 0.5) is 0 Å². The fraction of sp³-hybridized carbons (Fsp3) is 0.480. The number of carbonyl (C=O) groups excluding carboxylic acids is 1. The van der Waals surface area contributed by atoms with Crippen molar-refractivity contribution in [2.75, 3.05) is 52.9 Å². The minimum Gasteiger partial charge on any atom is -0.493 e. The van der Waals surface area contributed by atoms with Gasteiger partial charge in [-0.2, -0.15) is 0 Å². The number of carbonyl (C=O) groups is 1. The molecule has 0 radical (unpaired) electrons. The highest BCUT2D eigenvalue weighted by atomic mass is 16.5. The molecule has 3 rings (SSSR count). The van der Waals surface area contributed by atoms with Gasteiger partial charge in [0, 0.05) is 47.4 Å². The van der Waals surface area contributed by atoms with Crippen LogP contribution in [0.2, 0.25) is 0 Å². The van der Waals surface area contributed by atoms with Gasteiger partial charge in [-0.1, -0.05) is 30.3 Å². The number of piperazine rings is 1. The lowest BCUT2D eigenvalue weighted by Gasteiger charge is -2.35. The third-order valence-corrected chi connectivity index (χ3v) is 4.97. The molecule has 6 heteroatoms. The Labute approximate surface area is 199 Å². The van der Waals surface area contributed by atoms with E-state index in [1.807, 2.05) is 0 Å². The van der Waals surface area contributed by atoms with Gasteiger partial charge in [0.05, 0.1) is 19.1 Å². The van der Waals surface area contributed by atoms with Crippen LogP contribution in [0.3, 0.4) is 0 Å². The van der Waals surface area contributed by atoms with Gasteiger partial charge >= 0.3 is 0 Å². The van der Waals surface area contributed by atoms with E-state index in [0.717, 1.165) is 0 Å². The number of hydrogen-bond donors (Lipinski definition) is 1. The smallest absolute Gasteiger partial charge is 0.161 e. The summed E-state index contributed by atoms with van der Waals surface area (Å²) in [6, 6.07) is 10.2. The van der Waals surface area contributed by atoms with Gasteiger partial charge in [-0.3, -0.25) is 14.6 Å². The summed E-state index contributed by atoms with van der Waals surface area (Å²) < 4.78 is 90.7. The SMILES string of the molecule is [2H]C([2H])([2H])c1cccc(C([2H])([2H])[2H])c1CC(=O)C([2H])([2H])N1CCN(CC(O)C([2H])([2H])Oc2ccccc2OC)CC1. The number of aliphatic hydroxyl groups is 1. The van der Waals surface area contributed by atoms with Crippen LogP contribution >= 0.6 is 0 Å². The average molecular weight is 437 g/mol. The van der Waals surface area contributed by atoms with Gasteiger partial charge in [0.15, 0.2) is 17.3 Å². The van der Waals surface area contributed by atoms with Crippen LogP contribution in [0.1, 0.15) is 30.4 Å². The Kier molecular flexibility index (Phi) is 4.81. The zero-order chi connectivity index (χ0) is 30.8. The molecule has 1 aliphatic heterocycles. The van der Waals surface area contributed by atoms with Gasteiger partial charge in [0.1, 0.15) is 12.7 Å². The Morgan fingerprint density at radius 2 is 1.71 bits per heavy atom. The van der Waals surface area contributed by atoms with Crippen molar-refractivity contribution in [2.24, 2.45) is 0 Å². The average Bonchev–Trinajstić information content (AvgIpc) is 2.88. The minimum atomic E-state index is -2.70. The maximum absolute atomic E-state index is 13.2. The fourth-order valence-electron chi connectivity index (χ4n) is 3.31. The summed E-state index contributed by atoms with van der Waals surface area (Å²) in [4.78, 5) is 16.2. The van der Waals surface area contributed by atoms with Crippen LogP contribution in [0, 0.1) is 13.7 Å². The van der Waals surface area contributed by atoms with E-state index in [0.29, 0.717) is 5.75 Å². The van der Waals surface area contributed by atoms with Crippen molar-refractivity contribution in [3.05, 3.63) is 59.2 Å². The van der Waals surface area contributed by atoms with E-state index in [4.69, 9.17) is 23.2 Å². The molecule has 1 fully saturated rings. The molecule has 2 aromatic carbocycles. The summed E-state index contributed by atoms with van der Waals surface area (Å²) in [5, 5.41) is 10.6. The highest BCUT2D eigenvalue weighted by molar-refractivity contribution is 5.83. The first-order valence-corrected chi connectivity index (χ1v) is 10.0. The molecule has 0 aromatic heterocycles. The van der Waals surface area contributed by atoms with Crippen molar-refractivity contribution in [2.45, 2.75) is 26.2 Å². The number of para-hydroxylation sites is 2. The summed E-state index contributed by atoms with van der Waals surface area (Å²) in [6.45, 7) is -10.0. The van der Waals surface area contributed by atoms with Crippen LogP contribution in [0.25, 0.3) is 0 Å². The predicted octanol–water partition coefficient (Wildman–Crippen LogP) is 2.48. The largest absolute Gasteiger partial charge is 0.493 e. The molecule has 0 aliphatic carbocycles. The molecular weight excluding hydrogens is 392 g/mol. The van der Waals surface area contributed by atoms with E-state index in [1.54, 1.807) is 23.1 Å². The number of benzene rings is 2. The normalized spacial score (nSPS) is 22.6. The number of rotatable bonds is 10. The van der Waals surface area contributed by atoms with Gasteiger partial charge < -0.3 is 14.6 Å². The monoisotopic (exact) mass is 436 g/mol. The number of ketones is 1. The second kappa shape index (κ2) is 11.3. The number of nitrogens with zero attached hydrogens (tertiary/aromatic N) is 2. The molecule has 6 nitrogen and oxygen atoms in total. The van der Waals surface area contributed by atoms with Crippen LogP contribution in [-0.4, -0.2) is 79.7 Å². The Balaban J connectivity index is 1.66. The van der Waals surface area contributed by atoms with E-state index in [2.05, 4.69) is 0 Å². The van der Waals surface area contributed by atoms with Gasteiger partial charge in [0.25, 0.3) is 0 Å². The molecule has 1 aliphatic rings. The summed E-state index contributed by atoms with van der Waals surface area (Å²) in [5.41, 5.74) is -0.835. The first kappa shape index (κ1) is 13.2. The quantitative estimate of drug-likeness (QED) is 0.617. The Morgan fingerprint density at radius 1 is 1.06 bits per heavy atom. The lowest BCUT2D eigenvalue weighted by atomic mass is 9.98. The van der Waals surface area contributed by atoms with Crippen LogP contribution < -0.4 is 9.47 Å². The van der Waals surface area contributed by atoms with Crippen LogP contribution in [-0.2, 0) is 11.2 Å². The first-order chi connectivity index (χ1) is 18.9. The maximum Gasteiger partial charge on any atom is 0.161 e. The third-order valence-electron chi connectivity index (χ3n) is 4.97. The first-order valence-electron chi connectivity index (χ1n) is 15.0. The van der Waals surface area contributed by atoms with Crippen molar-refractivity contribution >= 4 is 5.78 Å². The number of hydrogen-bond acceptors (Lipinski definition) is 6. The van der Waals surface area contributed by atoms with E-state index in [-0.39, 0.29) is 55.2 Å². The second-order valence-corrected chi connectivity index (χ2v) is 7.22. The molecule has 0 spiro atoms. The molecule has 1 N–H and O–H groups in total. The number of methoxy groups -OCH3 is 1. The molecule has 1 atom stereocenters. The number of Topliss-reactive ketones (excluding diaryl/α,β-unsaturated/α-hetero) is 1. The topological polar surface area (TPSA) is 62.2 Å². The molecule has 0 amide bonds. The van der Waals surface area contributed by atoms with Crippen molar-refractivity contribution < 1.29 is 33.1 Å². The van der Waals surface area contributed by atoms with Crippen molar-refractivity contribution in [3.63, 3.8) is 0 Å². The third kappa shape index (κ3) is 6.79. The van der Waals surface area contributed by atoms with Crippen LogP contribution in [0.5, 0.6) is 11.5 Å². The van der Waals surface area contributed by atoms with E-state index < -0.39 is 45.1 Å². The van der Waals surface area contributed by atoms with Gasteiger partial charge in [0.2, 0.25) is 0 Å². The minimum absolute atomic E-state index is 0.0505. The molecule has 31 heavy (non-hydrogen) atoms. The Morgan fingerprint density at radius 3 is 2.35 bits per heavy atom. The zero-order valence-corrected chi connectivity index (χ0v) is 17.4. The van der Waals surface area contributed by atoms with Gasteiger partial charge in [-0.15, -0.1) is 0 Å². The lowest BCUT2D eigenvalue weighted by molar-refractivity contribution is -0.120. The molecule has 0 saturated carbocycles. The van der Waals surface area contributed by atoms with Crippen molar-refractivity contribution in [3.8, 4) is 11.5 Å². The summed E-state index contributed by atoms with van der Waals surface area (Å²) in [5.74, 6) is -0.552. The second-order valence-electron chi connectivity index (χ2n) is 7.22. The van der Waals surface area contributed by atoms with Crippen molar-refractivity contribution in [1.29, 1.82) is 0 Å². The summed E-state index contributed by atoms with van der Waals surface area (Å²) in [6.07, 6.45) is -2.28. The van der Waals surface area contributed by atoms with E-state index >= 15 is 0 Å². The van der Waals surface area contributed by atoms with Gasteiger partial charge in [-0.05, 0) is 42.5 Å². The lowest BCUT2D eigenvalue weighted by Crippen LogP contribution is -2.50. The summed E-state index contributed by atoms with van der Waals surface area (Å²) in [7, 11) is 1.41. The number of aliphatic hydroxyl groups excluding tert-OH is 1. The Hall–Kier alpha value is -2.41. The molecule has 2 aromatic rings. The molecule has 1 saturated heterocycles. The number of aryl methyl sites for hydroxylation is 2. The van der Waals surface area contributed by atoms with E-state index in [1.165, 1.54) is 36.3 Å². The van der Waals surface area contributed by atoms with E-state index in [9.17, 15) is 9.90 Å². The molecule has 1 heterocycles. The summed E-state index contributed by atoms with van der Waals surface area (Å²) >= 11 is 0. The molecular formula is C25H34N2O4. The fourth-order valence-corrected chi connectivity index (χ4v) is 3.31. The number of β-amino-alcohol motifs (C(OH)–C–C–N with tert-alkyl or cyclic N) is 1. The Bertz CT molecular complexity index is 1180. The molecule has 168 valence electrons. The number of ether oxygens (including phenoxy) is 2. The zero-order valence-electron chi connectivity index (χ0n) is 27.4. The van der Waals surface area contributed by atoms with Crippen molar-refractivity contribution in [1.82, 2.24) is 9.80 Å². The van der Waals surface area contributed by atoms with Crippen LogP contribution in [0.15, 0.2) is 42.5 Å². The highest BCUT2D eigenvalue weighted by Gasteiger charge is 2.21. The van der Waals surface area contributed by atoms with Gasteiger partial charge in [-0.25, -0.2) is 0 Å². The molecule has 1 unspecified atom stereocenters. The highest BCUT2D eigenvalue weighted by Crippen LogP contribution is 2.25. The maximum atomic E-state index is 13.2. The predicted molar refractivity (Wildman–Crippen MR) is 122 cm³/mol. The molecule has 0 bridgehead atoms.